The number of rotatable bonds is 6. The number of likely N-dealkylation sites (tertiary alicyclic amines) is 1. The van der Waals surface area contributed by atoms with Crippen LogP contribution in [0.25, 0.3) is 0 Å². The molecule has 2 aromatic heterocycles. The van der Waals surface area contributed by atoms with E-state index in [4.69, 9.17) is 0 Å². The number of fused-ring (bicyclic) bond motifs is 1. The Morgan fingerprint density at radius 3 is 2.78 bits per heavy atom. The topological polar surface area (TPSA) is 72.2 Å². The zero-order valence-electron chi connectivity index (χ0n) is 15.6. The van der Waals surface area contributed by atoms with Gasteiger partial charge in [-0.2, -0.15) is 5.10 Å². The predicted molar refractivity (Wildman–Crippen MR) is 105 cm³/mol. The molecule has 27 heavy (non-hydrogen) atoms. The molecule has 0 bridgehead atoms. The van der Waals surface area contributed by atoms with Gasteiger partial charge in [0.2, 0.25) is 5.91 Å². The van der Waals surface area contributed by atoms with E-state index in [0.717, 1.165) is 44.6 Å². The molecule has 2 aromatic rings. The van der Waals surface area contributed by atoms with Gasteiger partial charge in [0.25, 0.3) is 0 Å². The van der Waals surface area contributed by atoms with Gasteiger partial charge in [0.15, 0.2) is 0 Å². The lowest BCUT2D eigenvalue weighted by atomic mass is 10.2. The van der Waals surface area contributed by atoms with Gasteiger partial charge in [0.1, 0.15) is 12.4 Å². The summed E-state index contributed by atoms with van der Waals surface area (Å²) in [5.74, 6) is 0.671. The van der Waals surface area contributed by atoms with Gasteiger partial charge in [-0.3, -0.25) is 14.3 Å². The summed E-state index contributed by atoms with van der Waals surface area (Å²) in [5.41, 5.74) is -0.156. The van der Waals surface area contributed by atoms with E-state index in [0.29, 0.717) is 13.1 Å². The molecule has 2 aliphatic rings. The van der Waals surface area contributed by atoms with Crippen molar-refractivity contribution in [1.29, 1.82) is 0 Å². The standard InChI is InChI=1S/C19H27N5O2S/c25-18(14-24-19(26)23-11-3-1-2-8-17(23)21-24)20-13-15(16-7-6-12-27-16)22-9-4-5-10-22/h6-7,12,15H,1-5,8-11,13-14H2,(H,20,25). The molecule has 8 heteroatoms. The summed E-state index contributed by atoms with van der Waals surface area (Å²) in [6.07, 6.45) is 6.43. The average molecular weight is 390 g/mol. The third-order valence-electron chi connectivity index (χ3n) is 5.52. The van der Waals surface area contributed by atoms with Crippen molar-refractivity contribution in [1.82, 2.24) is 24.6 Å². The number of aromatic nitrogens is 3. The molecule has 1 saturated heterocycles. The summed E-state index contributed by atoms with van der Waals surface area (Å²) in [6, 6.07) is 4.41. The molecule has 4 heterocycles. The fourth-order valence-corrected chi connectivity index (χ4v) is 4.94. The largest absolute Gasteiger partial charge is 0.353 e. The molecule has 0 saturated carbocycles. The molecular weight excluding hydrogens is 362 g/mol. The Balaban J connectivity index is 1.39. The fraction of sp³-hybridized carbons (Fsp3) is 0.632. The van der Waals surface area contributed by atoms with E-state index < -0.39 is 0 Å². The molecule has 1 fully saturated rings. The first-order valence-electron chi connectivity index (χ1n) is 9.93. The number of carbonyl (C=O) groups excluding carboxylic acids is 1. The summed E-state index contributed by atoms with van der Waals surface area (Å²) in [4.78, 5) is 28.7. The lowest BCUT2D eigenvalue weighted by Crippen LogP contribution is -2.39. The first kappa shape index (κ1) is 18.4. The summed E-state index contributed by atoms with van der Waals surface area (Å²) in [5, 5.41) is 9.52. The van der Waals surface area contributed by atoms with E-state index in [-0.39, 0.29) is 24.2 Å². The van der Waals surface area contributed by atoms with Gasteiger partial charge in [-0.15, -0.1) is 11.3 Å². The summed E-state index contributed by atoms with van der Waals surface area (Å²) in [6.45, 7) is 3.43. The van der Waals surface area contributed by atoms with E-state index in [1.807, 2.05) is 0 Å². The van der Waals surface area contributed by atoms with Crippen molar-refractivity contribution in [2.45, 2.75) is 57.7 Å². The zero-order valence-corrected chi connectivity index (χ0v) is 16.4. The first-order chi connectivity index (χ1) is 13.2. The van der Waals surface area contributed by atoms with Crippen LogP contribution in [0.15, 0.2) is 22.3 Å². The Hall–Kier alpha value is -1.93. The summed E-state index contributed by atoms with van der Waals surface area (Å²) < 4.78 is 3.06. The van der Waals surface area contributed by atoms with Crippen molar-refractivity contribution in [3.63, 3.8) is 0 Å². The van der Waals surface area contributed by atoms with Crippen LogP contribution in [0.5, 0.6) is 0 Å². The third kappa shape index (κ3) is 4.16. The lowest BCUT2D eigenvalue weighted by molar-refractivity contribution is -0.122. The molecule has 0 radical (unpaired) electrons. The second kappa shape index (κ2) is 8.39. The van der Waals surface area contributed by atoms with E-state index in [1.54, 1.807) is 15.9 Å². The smallest absolute Gasteiger partial charge is 0.346 e. The second-order valence-electron chi connectivity index (χ2n) is 7.40. The Morgan fingerprint density at radius 2 is 2.00 bits per heavy atom. The van der Waals surface area contributed by atoms with E-state index in [9.17, 15) is 9.59 Å². The van der Waals surface area contributed by atoms with Crippen LogP contribution in [0, 0.1) is 0 Å². The minimum absolute atomic E-state index is 0.00397. The number of amides is 1. The third-order valence-corrected chi connectivity index (χ3v) is 6.49. The van der Waals surface area contributed by atoms with Crippen molar-refractivity contribution in [2.24, 2.45) is 0 Å². The van der Waals surface area contributed by atoms with E-state index in [2.05, 4.69) is 32.8 Å². The number of aryl methyl sites for hydroxylation is 1. The molecule has 2 aliphatic heterocycles. The highest BCUT2D eigenvalue weighted by atomic mass is 32.1. The average Bonchev–Trinajstić information content (AvgIpc) is 3.39. The number of thiophene rings is 1. The van der Waals surface area contributed by atoms with E-state index in [1.165, 1.54) is 22.4 Å². The molecule has 4 rings (SSSR count). The van der Waals surface area contributed by atoms with Gasteiger partial charge in [-0.05, 0) is 50.2 Å². The van der Waals surface area contributed by atoms with Gasteiger partial charge in [0, 0.05) is 24.4 Å². The van der Waals surface area contributed by atoms with Crippen LogP contribution in [0.3, 0.4) is 0 Å². The molecule has 7 nitrogen and oxygen atoms in total. The first-order valence-corrected chi connectivity index (χ1v) is 10.8. The summed E-state index contributed by atoms with van der Waals surface area (Å²) >= 11 is 1.73. The van der Waals surface area contributed by atoms with Crippen LogP contribution in [0.4, 0.5) is 0 Å². The maximum Gasteiger partial charge on any atom is 0.346 e. The Bertz CT molecular complexity index is 820. The predicted octanol–water partition coefficient (Wildman–Crippen LogP) is 1.79. The van der Waals surface area contributed by atoms with Gasteiger partial charge in [-0.1, -0.05) is 12.5 Å². The monoisotopic (exact) mass is 389 g/mol. The molecule has 146 valence electrons. The molecule has 0 aliphatic carbocycles. The number of nitrogens with one attached hydrogen (secondary N) is 1. The van der Waals surface area contributed by atoms with Crippen LogP contribution in [-0.2, 0) is 24.3 Å². The molecule has 1 atom stereocenters. The molecule has 1 unspecified atom stereocenters. The highest BCUT2D eigenvalue weighted by molar-refractivity contribution is 7.10. The van der Waals surface area contributed by atoms with Crippen LogP contribution in [0.2, 0.25) is 0 Å². The Morgan fingerprint density at radius 1 is 1.19 bits per heavy atom. The summed E-state index contributed by atoms with van der Waals surface area (Å²) in [7, 11) is 0. The SMILES string of the molecule is O=C(Cn1nc2n(c1=O)CCCCC2)NCC(c1cccs1)N1CCCC1. The molecule has 0 spiro atoms. The van der Waals surface area contributed by atoms with Crippen LogP contribution < -0.4 is 11.0 Å². The lowest BCUT2D eigenvalue weighted by Gasteiger charge is -2.26. The van der Waals surface area contributed by atoms with Crippen molar-refractivity contribution in [3.8, 4) is 0 Å². The molecular formula is C19H27N5O2S. The number of hydrogen-bond acceptors (Lipinski definition) is 5. The molecule has 1 amide bonds. The maximum absolute atomic E-state index is 12.5. The van der Waals surface area contributed by atoms with Crippen molar-refractivity contribution < 1.29 is 4.79 Å². The van der Waals surface area contributed by atoms with Crippen LogP contribution in [-0.4, -0.2) is 44.8 Å². The quantitative estimate of drug-likeness (QED) is 0.818. The van der Waals surface area contributed by atoms with Crippen LogP contribution >= 0.6 is 11.3 Å². The Kier molecular flexibility index (Phi) is 5.73. The number of hydrogen-bond donors (Lipinski definition) is 1. The number of nitrogens with zero attached hydrogens (tertiary/aromatic N) is 4. The van der Waals surface area contributed by atoms with E-state index >= 15 is 0 Å². The van der Waals surface area contributed by atoms with Gasteiger partial charge in [-0.25, -0.2) is 9.48 Å². The fourth-order valence-electron chi connectivity index (χ4n) is 4.07. The van der Waals surface area contributed by atoms with Gasteiger partial charge < -0.3 is 5.32 Å². The second-order valence-corrected chi connectivity index (χ2v) is 8.38. The molecule has 0 aromatic carbocycles. The zero-order chi connectivity index (χ0) is 18.6. The van der Waals surface area contributed by atoms with Crippen LogP contribution in [0.1, 0.15) is 48.8 Å². The minimum atomic E-state index is -0.156. The molecule has 1 N–H and O–H groups in total. The highest BCUT2D eigenvalue weighted by Crippen LogP contribution is 2.27. The van der Waals surface area contributed by atoms with Crippen molar-refractivity contribution >= 4 is 17.2 Å². The van der Waals surface area contributed by atoms with Crippen molar-refractivity contribution in [2.75, 3.05) is 19.6 Å². The maximum atomic E-state index is 12.5. The normalized spacial score (nSPS) is 18.8. The van der Waals surface area contributed by atoms with Crippen molar-refractivity contribution in [3.05, 3.63) is 38.7 Å². The Labute approximate surface area is 163 Å². The number of carbonyl (C=O) groups is 1. The highest BCUT2D eigenvalue weighted by Gasteiger charge is 2.25. The van der Waals surface area contributed by atoms with Gasteiger partial charge >= 0.3 is 5.69 Å². The minimum Gasteiger partial charge on any atom is -0.353 e. The van der Waals surface area contributed by atoms with Gasteiger partial charge in [0.05, 0.1) is 6.04 Å².